The zero-order chi connectivity index (χ0) is 20.7. The molecule has 0 N–H and O–H groups in total. The lowest BCUT2D eigenvalue weighted by atomic mass is 9.97. The van der Waals surface area contributed by atoms with Gasteiger partial charge in [0.2, 0.25) is 0 Å². The van der Waals surface area contributed by atoms with E-state index in [1.165, 1.54) is 4.90 Å². The van der Waals surface area contributed by atoms with Gasteiger partial charge in [0.05, 0.1) is 16.3 Å². The summed E-state index contributed by atoms with van der Waals surface area (Å²) in [4.78, 5) is 30.2. The normalized spacial score (nSPS) is 20.1. The van der Waals surface area contributed by atoms with Crippen LogP contribution < -0.4 is 4.90 Å². The fraction of sp³-hybridized carbons (Fsp3) is 0.273. The molecule has 0 aromatic heterocycles. The van der Waals surface area contributed by atoms with Crippen LogP contribution in [-0.4, -0.2) is 29.8 Å². The van der Waals surface area contributed by atoms with Gasteiger partial charge in [-0.05, 0) is 49.1 Å². The maximum Gasteiger partial charge on any atom is 0.282 e. The Kier molecular flexibility index (Phi) is 5.60. The van der Waals surface area contributed by atoms with Crippen LogP contribution >= 0.6 is 34.8 Å². The minimum Gasteiger partial charge on any atom is -0.366 e. The maximum atomic E-state index is 13.5. The van der Waals surface area contributed by atoms with Crippen molar-refractivity contribution in [2.75, 3.05) is 18.0 Å². The van der Waals surface area contributed by atoms with Crippen molar-refractivity contribution in [1.29, 1.82) is 0 Å². The van der Waals surface area contributed by atoms with Crippen LogP contribution in [0.3, 0.4) is 0 Å². The molecule has 2 aromatic carbocycles. The molecule has 29 heavy (non-hydrogen) atoms. The number of piperidine rings is 1. The minimum absolute atomic E-state index is 0.311. The van der Waals surface area contributed by atoms with Crippen LogP contribution in [0.5, 0.6) is 0 Å². The third-order valence-electron chi connectivity index (χ3n) is 5.30. The highest BCUT2D eigenvalue weighted by molar-refractivity contribution is 6.47. The Morgan fingerprint density at radius 3 is 2.41 bits per heavy atom. The third-order valence-corrected chi connectivity index (χ3v) is 6.08. The molecule has 2 aliphatic rings. The lowest BCUT2D eigenvalue weighted by Gasteiger charge is -2.33. The van der Waals surface area contributed by atoms with E-state index >= 15 is 0 Å². The van der Waals surface area contributed by atoms with E-state index in [9.17, 15) is 9.59 Å². The molecule has 4 nitrogen and oxygen atoms in total. The van der Waals surface area contributed by atoms with E-state index in [2.05, 4.69) is 6.92 Å². The van der Waals surface area contributed by atoms with E-state index in [0.717, 1.165) is 19.4 Å². The quantitative estimate of drug-likeness (QED) is 0.567. The van der Waals surface area contributed by atoms with Gasteiger partial charge in [-0.1, -0.05) is 53.9 Å². The molecule has 7 heteroatoms. The summed E-state index contributed by atoms with van der Waals surface area (Å²) >= 11 is 18.6. The van der Waals surface area contributed by atoms with E-state index in [-0.39, 0.29) is 5.91 Å². The molecule has 0 aliphatic carbocycles. The molecular formula is C22H19Cl3N2O2. The number of hydrogen-bond acceptors (Lipinski definition) is 3. The molecule has 1 fully saturated rings. The fourth-order valence-corrected chi connectivity index (χ4v) is 4.68. The van der Waals surface area contributed by atoms with Gasteiger partial charge in [0.15, 0.2) is 0 Å². The average molecular weight is 450 g/mol. The van der Waals surface area contributed by atoms with E-state index in [0.29, 0.717) is 50.1 Å². The van der Waals surface area contributed by atoms with Crippen LogP contribution in [0.15, 0.2) is 48.2 Å². The first-order valence-corrected chi connectivity index (χ1v) is 10.6. The number of carbonyl (C=O) groups excluding carboxylic acids is 2. The van der Waals surface area contributed by atoms with Gasteiger partial charge in [-0.2, -0.15) is 0 Å². The Morgan fingerprint density at radius 1 is 0.966 bits per heavy atom. The Bertz CT molecular complexity index is 1030. The van der Waals surface area contributed by atoms with Crippen LogP contribution in [0.1, 0.15) is 25.3 Å². The molecule has 0 spiro atoms. The Balaban J connectivity index is 1.87. The predicted octanol–water partition coefficient (Wildman–Crippen LogP) is 5.66. The zero-order valence-corrected chi connectivity index (χ0v) is 18.1. The van der Waals surface area contributed by atoms with Crippen molar-refractivity contribution < 1.29 is 9.59 Å². The first-order valence-electron chi connectivity index (χ1n) is 9.46. The number of halogens is 3. The first kappa shape index (κ1) is 20.3. The lowest BCUT2D eigenvalue weighted by molar-refractivity contribution is -0.120. The molecule has 4 rings (SSSR count). The van der Waals surface area contributed by atoms with Gasteiger partial charge < -0.3 is 4.90 Å². The molecule has 0 radical (unpaired) electrons. The minimum atomic E-state index is -0.408. The second-order valence-corrected chi connectivity index (χ2v) is 8.75. The number of anilines is 1. The summed E-state index contributed by atoms with van der Waals surface area (Å²) in [5, 5.41) is 1.26. The molecule has 2 aliphatic heterocycles. The summed E-state index contributed by atoms with van der Waals surface area (Å²) in [6.45, 7) is 3.58. The molecule has 1 saturated heterocycles. The number of nitrogens with zero attached hydrogens (tertiary/aromatic N) is 2. The van der Waals surface area contributed by atoms with E-state index in [4.69, 9.17) is 34.8 Å². The molecule has 0 saturated carbocycles. The van der Waals surface area contributed by atoms with Gasteiger partial charge in [0.25, 0.3) is 11.8 Å². The zero-order valence-electron chi connectivity index (χ0n) is 15.8. The number of rotatable bonds is 3. The fourth-order valence-electron chi connectivity index (χ4n) is 3.99. The number of hydrogen-bond donors (Lipinski definition) is 0. The summed E-state index contributed by atoms with van der Waals surface area (Å²) in [5.74, 6) is -0.330. The summed E-state index contributed by atoms with van der Waals surface area (Å²) in [6.07, 6.45) is 2.06. The number of carbonyl (C=O) groups is 2. The predicted molar refractivity (Wildman–Crippen MR) is 117 cm³/mol. The van der Waals surface area contributed by atoms with Crippen molar-refractivity contribution in [2.45, 2.75) is 19.8 Å². The second kappa shape index (κ2) is 8.02. The monoisotopic (exact) mass is 448 g/mol. The molecule has 1 unspecified atom stereocenters. The number of amides is 2. The van der Waals surface area contributed by atoms with Gasteiger partial charge >= 0.3 is 0 Å². The molecule has 150 valence electrons. The Hall–Kier alpha value is -2.01. The van der Waals surface area contributed by atoms with E-state index < -0.39 is 5.91 Å². The smallest absolute Gasteiger partial charge is 0.282 e. The van der Waals surface area contributed by atoms with Crippen LogP contribution in [0.25, 0.3) is 5.57 Å². The Morgan fingerprint density at radius 2 is 1.72 bits per heavy atom. The maximum absolute atomic E-state index is 13.5. The molecule has 2 heterocycles. The number of likely N-dealkylation sites (tertiary alicyclic amines) is 1. The van der Waals surface area contributed by atoms with Crippen LogP contribution in [0, 0.1) is 5.92 Å². The molecular weight excluding hydrogens is 431 g/mol. The van der Waals surface area contributed by atoms with E-state index in [1.807, 2.05) is 4.90 Å². The topological polar surface area (TPSA) is 40.6 Å². The van der Waals surface area contributed by atoms with E-state index in [1.54, 1.807) is 42.5 Å². The van der Waals surface area contributed by atoms with Gasteiger partial charge in [0.1, 0.15) is 5.70 Å². The highest BCUT2D eigenvalue weighted by Crippen LogP contribution is 2.39. The summed E-state index contributed by atoms with van der Waals surface area (Å²) < 4.78 is 0. The van der Waals surface area contributed by atoms with Crippen molar-refractivity contribution in [3.63, 3.8) is 0 Å². The van der Waals surface area contributed by atoms with Crippen LogP contribution in [-0.2, 0) is 9.59 Å². The summed E-state index contributed by atoms with van der Waals surface area (Å²) in [6, 6.07) is 11.7. The number of benzene rings is 2. The van der Waals surface area contributed by atoms with Crippen LogP contribution in [0.2, 0.25) is 15.1 Å². The molecule has 2 amide bonds. The van der Waals surface area contributed by atoms with Crippen molar-refractivity contribution >= 4 is 57.9 Å². The molecule has 2 aromatic rings. The summed E-state index contributed by atoms with van der Waals surface area (Å²) in [7, 11) is 0. The van der Waals surface area contributed by atoms with Crippen LogP contribution in [0.4, 0.5) is 5.69 Å². The highest BCUT2D eigenvalue weighted by Gasteiger charge is 2.43. The van der Waals surface area contributed by atoms with Crippen molar-refractivity contribution in [3.8, 4) is 0 Å². The average Bonchev–Trinajstić information content (AvgIpc) is 2.92. The standard InChI is InChI=1S/C22H19Cl3N2O2/c1-13-4-3-9-26(12-13)20-19(17-8-7-15(24)11-18(17)25)21(28)27(22(20)29)16-6-2-5-14(23)10-16/h2,5-8,10-11,13H,3-4,9,12H2,1H3. The largest absolute Gasteiger partial charge is 0.366 e. The SMILES string of the molecule is CC1CCCN(C2=C(c3ccc(Cl)cc3Cl)C(=O)N(c3cccc(Cl)c3)C2=O)C1. The lowest BCUT2D eigenvalue weighted by Crippen LogP contribution is -2.39. The molecule has 1 atom stereocenters. The highest BCUT2D eigenvalue weighted by atomic mass is 35.5. The Labute approximate surface area is 184 Å². The van der Waals surface area contributed by atoms with Crippen molar-refractivity contribution in [1.82, 2.24) is 4.90 Å². The molecule has 0 bridgehead atoms. The van der Waals surface area contributed by atoms with Gasteiger partial charge in [0, 0.05) is 28.7 Å². The van der Waals surface area contributed by atoms with Gasteiger partial charge in [-0.3, -0.25) is 9.59 Å². The summed E-state index contributed by atoms with van der Waals surface area (Å²) in [5.41, 5.74) is 1.65. The van der Waals surface area contributed by atoms with Gasteiger partial charge in [-0.25, -0.2) is 4.90 Å². The number of imide groups is 1. The van der Waals surface area contributed by atoms with Crippen molar-refractivity contribution in [3.05, 3.63) is 68.8 Å². The van der Waals surface area contributed by atoms with Gasteiger partial charge in [-0.15, -0.1) is 0 Å². The first-order chi connectivity index (χ1) is 13.9. The van der Waals surface area contributed by atoms with Crippen molar-refractivity contribution in [2.24, 2.45) is 5.92 Å². The third kappa shape index (κ3) is 3.77. The second-order valence-electron chi connectivity index (χ2n) is 7.47.